The third-order valence-electron chi connectivity index (χ3n) is 4.09. The summed E-state index contributed by atoms with van der Waals surface area (Å²) in [6, 6.07) is 5.09. The molecule has 1 aromatic carbocycles. The molecule has 0 aliphatic rings. The van der Waals surface area contributed by atoms with Crippen LogP contribution in [-0.2, 0) is 6.42 Å². The summed E-state index contributed by atoms with van der Waals surface area (Å²) in [5.41, 5.74) is 0.638. The average Bonchev–Trinajstić information content (AvgIpc) is 2.36. The summed E-state index contributed by atoms with van der Waals surface area (Å²) in [6.07, 6.45) is 1.71. The Labute approximate surface area is 127 Å². The van der Waals surface area contributed by atoms with Gasteiger partial charge in [0, 0.05) is 16.6 Å². The first kappa shape index (κ1) is 17.4. The summed E-state index contributed by atoms with van der Waals surface area (Å²) in [6.45, 7) is 7.41. The number of rotatable bonds is 7. The molecule has 114 valence electrons. The summed E-state index contributed by atoms with van der Waals surface area (Å²) < 4.78 is 14.0. The zero-order valence-electron chi connectivity index (χ0n) is 13.1. The lowest BCUT2D eigenvalue weighted by molar-refractivity contribution is 0.136. The van der Waals surface area contributed by atoms with E-state index in [1.54, 1.807) is 12.1 Å². The predicted octanol–water partition coefficient (Wildman–Crippen LogP) is 3.73. The maximum atomic E-state index is 14.0. The van der Waals surface area contributed by atoms with Crippen molar-refractivity contribution in [2.45, 2.75) is 45.2 Å². The highest BCUT2D eigenvalue weighted by Crippen LogP contribution is 2.22. The molecular weight excluding hydrogens is 275 g/mol. The maximum Gasteiger partial charge on any atom is 0.127 e. The molecule has 0 bridgehead atoms. The molecule has 20 heavy (non-hydrogen) atoms. The number of nitrogens with zero attached hydrogens (tertiary/aromatic N) is 1. The topological polar surface area (TPSA) is 15.3 Å². The van der Waals surface area contributed by atoms with Crippen LogP contribution in [0, 0.1) is 5.82 Å². The Bertz CT molecular complexity index is 432. The van der Waals surface area contributed by atoms with Crippen LogP contribution in [0.2, 0.25) is 5.02 Å². The molecule has 0 aromatic heterocycles. The highest BCUT2D eigenvalue weighted by atomic mass is 35.5. The number of hydrogen-bond acceptors (Lipinski definition) is 2. The highest BCUT2D eigenvalue weighted by molar-refractivity contribution is 6.30. The molecule has 0 fully saturated rings. The van der Waals surface area contributed by atoms with Crippen LogP contribution in [0.5, 0.6) is 0 Å². The minimum Gasteiger partial charge on any atom is -0.312 e. The average molecular weight is 301 g/mol. The summed E-state index contributed by atoms with van der Waals surface area (Å²) in [7, 11) is 4.11. The second kappa shape index (κ2) is 7.39. The van der Waals surface area contributed by atoms with E-state index < -0.39 is 0 Å². The van der Waals surface area contributed by atoms with Crippen molar-refractivity contribution in [1.29, 1.82) is 0 Å². The Hall–Kier alpha value is -0.640. The molecule has 0 aliphatic carbocycles. The third-order valence-corrected chi connectivity index (χ3v) is 4.32. The highest BCUT2D eigenvalue weighted by Gasteiger charge is 2.31. The van der Waals surface area contributed by atoms with Gasteiger partial charge in [0.05, 0.1) is 0 Å². The molecule has 1 atom stereocenters. The number of nitrogens with one attached hydrogen (secondary N) is 1. The van der Waals surface area contributed by atoms with Crippen LogP contribution in [0.1, 0.15) is 32.8 Å². The van der Waals surface area contributed by atoms with Gasteiger partial charge in [-0.05, 0) is 65.0 Å². The van der Waals surface area contributed by atoms with E-state index in [4.69, 9.17) is 11.6 Å². The van der Waals surface area contributed by atoms with Crippen molar-refractivity contribution in [3.8, 4) is 0 Å². The second-order valence-corrected chi connectivity index (χ2v) is 6.43. The summed E-state index contributed by atoms with van der Waals surface area (Å²) in [4.78, 5) is 2.17. The zero-order valence-corrected chi connectivity index (χ0v) is 13.9. The van der Waals surface area contributed by atoms with Gasteiger partial charge in [-0.15, -0.1) is 0 Å². The van der Waals surface area contributed by atoms with Gasteiger partial charge in [0.25, 0.3) is 0 Å². The summed E-state index contributed by atoms with van der Waals surface area (Å²) in [5.74, 6) is -0.227. The Morgan fingerprint density at radius 1 is 1.35 bits per heavy atom. The minimum absolute atomic E-state index is 0.0682. The molecule has 2 nitrogen and oxygen atoms in total. The van der Waals surface area contributed by atoms with E-state index in [0.29, 0.717) is 17.0 Å². The van der Waals surface area contributed by atoms with Gasteiger partial charge >= 0.3 is 0 Å². The van der Waals surface area contributed by atoms with Crippen molar-refractivity contribution in [3.05, 3.63) is 34.6 Å². The summed E-state index contributed by atoms with van der Waals surface area (Å²) in [5, 5.41) is 3.98. The quantitative estimate of drug-likeness (QED) is 0.825. The molecule has 0 saturated heterocycles. The van der Waals surface area contributed by atoms with Gasteiger partial charge in [-0.1, -0.05) is 24.6 Å². The van der Waals surface area contributed by atoms with Gasteiger partial charge in [0.15, 0.2) is 0 Å². The van der Waals surface area contributed by atoms with E-state index in [0.717, 1.165) is 13.0 Å². The lowest BCUT2D eigenvalue weighted by atomic mass is 9.88. The normalized spacial score (nSPS) is 13.8. The Morgan fingerprint density at radius 3 is 2.50 bits per heavy atom. The van der Waals surface area contributed by atoms with E-state index in [2.05, 4.69) is 45.1 Å². The van der Waals surface area contributed by atoms with Gasteiger partial charge < -0.3 is 10.2 Å². The monoisotopic (exact) mass is 300 g/mol. The van der Waals surface area contributed by atoms with Crippen LogP contribution in [0.15, 0.2) is 18.2 Å². The predicted molar refractivity (Wildman–Crippen MR) is 85.0 cm³/mol. The van der Waals surface area contributed by atoms with Crippen molar-refractivity contribution in [2.24, 2.45) is 0 Å². The van der Waals surface area contributed by atoms with E-state index in [1.807, 2.05) is 0 Å². The minimum atomic E-state index is -0.227. The van der Waals surface area contributed by atoms with Crippen LogP contribution in [0.25, 0.3) is 0 Å². The molecule has 4 heteroatoms. The molecule has 0 aliphatic heterocycles. The molecule has 1 unspecified atom stereocenters. The molecule has 0 amide bonds. The van der Waals surface area contributed by atoms with E-state index >= 15 is 0 Å². The second-order valence-electron chi connectivity index (χ2n) is 5.99. The lowest BCUT2D eigenvalue weighted by Gasteiger charge is -2.41. The van der Waals surface area contributed by atoms with Crippen LogP contribution in [-0.4, -0.2) is 37.1 Å². The Morgan fingerprint density at radius 2 is 2.00 bits per heavy atom. The zero-order chi connectivity index (χ0) is 15.3. The maximum absolute atomic E-state index is 14.0. The molecule has 0 heterocycles. The number of halogens is 2. The fourth-order valence-corrected chi connectivity index (χ4v) is 2.27. The summed E-state index contributed by atoms with van der Waals surface area (Å²) >= 11 is 5.81. The van der Waals surface area contributed by atoms with Gasteiger partial charge in [-0.25, -0.2) is 4.39 Å². The van der Waals surface area contributed by atoms with Crippen LogP contribution < -0.4 is 5.32 Å². The molecule has 1 N–H and O–H groups in total. The molecular formula is C16H26ClFN2. The first-order chi connectivity index (χ1) is 9.28. The van der Waals surface area contributed by atoms with Crippen molar-refractivity contribution in [2.75, 3.05) is 20.6 Å². The lowest BCUT2D eigenvalue weighted by Crippen LogP contribution is -2.56. The van der Waals surface area contributed by atoms with E-state index in [9.17, 15) is 4.39 Å². The fraction of sp³-hybridized carbons (Fsp3) is 0.625. The molecule has 0 radical (unpaired) electrons. The van der Waals surface area contributed by atoms with E-state index in [-0.39, 0.29) is 17.4 Å². The van der Waals surface area contributed by atoms with Crippen molar-refractivity contribution in [1.82, 2.24) is 10.2 Å². The van der Waals surface area contributed by atoms with Crippen molar-refractivity contribution >= 4 is 11.6 Å². The standard InChI is InChI=1S/C16H26ClFN2/c1-6-9-19-15(16(2,3)20(4)5)10-12-7-8-13(17)11-14(12)18/h7-8,11,15,19H,6,9-10H2,1-5H3. The Kier molecular flexibility index (Phi) is 6.44. The van der Waals surface area contributed by atoms with Crippen LogP contribution in [0.3, 0.4) is 0 Å². The van der Waals surface area contributed by atoms with Crippen molar-refractivity contribution in [3.63, 3.8) is 0 Å². The third kappa shape index (κ3) is 4.44. The van der Waals surface area contributed by atoms with Gasteiger partial charge in [0.1, 0.15) is 5.82 Å². The largest absolute Gasteiger partial charge is 0.312 e. The van der Waals surface area contributed by atoms with Crippen molar-refractivity contribution < 1.29 is 4.39 Å². The van der Waals surface area contributed by atoms with E-state index in [1.165, 1.54) is 6.07 Å². The molecule has 0 saturated carbocycles. The fourth-order valence-electron chi connectivity index (χ4n) is 2.11. The van der Waals surface area contributed by atoms with Crippen LogP contribution in [0.4, 0.5) is 4.39 Å². The van der Waals surface area contributed by atoms with Crippen LogP contribution >= 0.6 is 11.6 Å². The van der Waals surface area contributed by atoms with Gasteiger partial charge in [-0.3, -0.25) is 0 Å². The number of likely N-dealkylation sites (N-methyl/N-ethyl adjacent to an activating group) is 1. The first-order valence-corrected chi connectivity index (χ1v) is 7.51. The molecule has 1 aromatic rings. The van der Waals surface area contributed by atoms with Gasteiger partial charge in [-0.2, -0.15) is 0 Å². The molecule has 1 rings (SSSR count). The number of hydrogen-bond donors (Lipinski definition) is 1. The number of benzene rings is 1. The first-order valence-electron chi connectivity index (χ1n) is 7.13. The Balaban J connectivity index is 2.94. The SMILES string of the molecule is CCCNC(Cc1ccc(Cl)cc1F)C(C)(C)N(C)C. The van der Waals surface area contributed by atoms with Gasteiger partial charge in [0.2, 0.25) is 0 Å². The molecule has 0 spiro atoms. The smallest absolute Gasteiger partial charge is 0.127 e.